The number of ether oxygens (including phenoxy) is 2. The number of halogens is 1. The predicted octanol–water partition coefficient (Wildman–Crippen LogP) is 2.62. The summed E-state index contributed by atoms with van der Waals surface area (Å²) in [5, 5.41) is 0. The van der Waals surface area contributed by atoms with Gasteiger partial charge in [0.2, 0.25) is 0 Å². The lowest BCUT2D eigenvalue weighted by Crippen LogP contribution is -2.42. The smallest absolute Gasteiger partial charge is 0.191 e. The molecule has 1 aliphatic heterocycles. The molecule has 2 N–H and O–H groups in total. The van der Waals surface area contributed by atoms with Crippen LogP contribution in [0.5, 0.6) is 11.5 Å². The highest BCUT2D eigenvalue weighted by Gasteiger charge is 2.11. The van der Waals surface area contributed by atoms with Crippen LogP contribution in [0.3, 0.4) is 0 Å². The number of nitrogens with zero attached hydrogens (tertiary/aromatic N) is 2. The van der Waals surface area contributed by atoms with Gasteiger partial charge in [0.1, 0.15) is 11.5 Å². The number of rotatable bonds is 6. The maximum absolute atomic E-state index is 6.05. The predicted molar refractivity (Wildman–Crippen MR) is 109 cm³/mol. The summed E-state index contributed by atoms with van der Waals surface area (Å²) in [7, 11) is 3.36. The second kappa shape index (κ2) is 10.9. The Morgan fingerprint density at radius 2 is 2.00 bits per heavy atom. The second-order valence-corrected chi connectivity index (χ2v) is 6.35. The Morgan fingerprint density at radius 3 is 2.65 bits per heavy atom. The maximum atomic E-state index is 6.05. The van der Waals surface area contributed by atoms with E-state index in [0.717, 1.165) is 61.0 Å². The van der Waals surface area contributed by atoms with E-state index in [0.29, 0.717) is 5.96 Å². The number of aryl methyl sites for hydroxylation is 1. The number of nitrogens with two attached hydrogens (primary N) is 1. The number of hydrogen-bond acceptors (Lipinski definition) is 4. The van der Waals surface area contributed by atoms with Crippen molar-refractivity contribution in [1.29, 1.82) is 0 Å². The van der Waals surface area contributed by atoms with Crippen LogP contribution in [0.25, 0.3) is 0 Å². The molecule has 0 aromatic heterocycles. The van der Waals surface area contributed by atoms with E-state index in [4.69, 9.17) is 15.2 Å². The number of aliphatic imine (C=N–C) groups is 1. The van der Waals surface area contributed by atoms with Gasteiger partial charge in [0.15, 0.2) is 5.96 Å². The van der Waals surface area contributed by atoms with Crippen LogP contribution in [0.15, 0.2) is 23.2 Å². The first-order valence-corrected chi connectivity index (χ1v) is 8.73. The lowest BCUT2D eigenvalue weighted by molar-refractivity contribution is 0.398. The molecule has 7 heteroatoms. The Balaban J connectivity index is 0.00000264. The van der Waals surface area contributed by atoms with Gasteiger partial charge in [0.05, 0.1) is 14.2 Å². The number of thioether (sulfide) groups is 1. The fraction of sp³-hybridized carbons (Fsp3) is 0.562. The van der Waals surface area contributed by atoms with Gasteiger partial charge in [0.25, 0.3) is 0 Å². The number of guanidine groups is 1. The Bertz CT molecular complexity index is 508. The average molecular weight is 451 g/mol. The van der Waals surface area contributed by atoms with Gasteiger partial charge in [-0.2, -0.15) is 11.8 Å². The molecule has 1 saturated heterocycles. The van der Waals surface area contributed by atoms with Crippen LogP contribution in [0.1, 0.15) is 12.0 Å². The van der Waals surface area contributed by atoms with E-state index in [1.54, 1.807) is 14.2 Å². The van der Waals surface area contributed by atoms with Crippen LogP contribution in [-0.4, -0.2) is 56.2 Å². The molecule has 5 nitrogen and oxygen atoms in total. The van der Waals surface area contributed by atoms with E-state index in [-0.39, 0.29) is 24.0 Å². The van der Waals surface area contributed by atoms with Gasteiger partial charge in [0, 0.05) is 31.1 Å². The highest BCUT2D eigenvalue weighted by atomic mass is 127. The van der Waals surface area contributed by atoms with Gasteiger partial charge in [-0.05, 0) is 36.6 Å². The van der Waals surface area contributed by atoms with Crippen molar-refractivity contribution in [3.63, 3.8) is 0 Å². The fourth-order valence-corrected chi connectivity index (χ4v) is 3.34. The lowest BCUT2D eigenvalue weighted by Gasteiger charge is -2.27. The molecule has 23 heavy (non-hydrogen) atoms. The first kappa shape index (κ1) is 20.2. The van der Waals surface area contributed by atoms with E-state index in [1.807, 2.05) is 30.0 Å². The first-order chi connectivity index (χ1) is 10.7. The third-order valence-corrected chi connectivity index (χ3v) is 4.64. The minimum atomic E-state index is 0. The topological polar surface area (TPSA) is 60.1 Å². The van der Waals surface area contributed by atoms with Crippen molar-refractivity contribution in [2.75, 3.05) is 45.4 Å². The summed E-state index contributed by atoms with van der Waals surface area (Å²) in [5.41, 5.74) is 7.20. The Morgan fingerprint density at radius 1 is 1.26 bits per heavy atom. The molecule has 130 valence electrons. The van der Waals surface area contributed by atoms with Gasteiger partial charge in [-0.1, -0.05) is 0 Å². The molecule has 1 fully saturated rings. The van der Waals surface area contributed by atoms with Crippen LogP contribution in [0.2, 0.25) is 0 Å². The molecule has 0 unspecified atom stereocenters. The zero-order valence-electron chi connectivity index (χ0n) is 13.8. The van der Waals surface area contributed by atoms with Crippen LogP contribution >= 0.6 is 35.7 Å². The lowest BCUT2D eigenvalue weighted by atomic mass is 10.1. The normalized spacial score (nSPS) is 15.0. The van der Waals surface area contributed by atoms with Crippen molar-refractivity contribution < 1.29 is 9.47 Å². The molecule has 1 aromatic rings. The molecule has 0 spiro atoms. The largest absolute Gasteiger partial charge is 0.497 e. The van der Waals surface area contributed by atoms with E-state index < -0.39 is 0 Å². The van der Waals surface area contributed by atoms with E-state index >= 15 is 0 Å². The van der Waals surface area contributed by atoms with Crippen LogP contribution in [0, 0.1) is 0 Å². The maximum Gasteiger partial charge on any atom is 0.191 e. The number of benzene rings is 1. The molecule has 1 aliphatic rings. The average Bonchev–Trinajstić information content (AvgIpc) is 2.59. The fourth-order valence-electron chi connectivity index (χ4n) is 2.43. The van der Waals surface area contributed by atoms with Gasteiger partial charge < -0.3 is 20.1 Å². The van der Waals surface area contributed by atoms with Gasteiger partial charge in [-0.25, -0.2) is 0 Å². The van der Waals surface area contributed by atoms with Crippen LogP contribution in [0.4, 0.5) is 0 Å². The van der Waals surface area contributed by atoms with Crippen molar-refractivity contribution in [3.05, 3.63) is 23.8 Å². The van der Waals surface area contributed by atoms with E-state index in [9.17, 15) is 0 Å². The number of hydrogen-bond donors (Lipinski definition) is 1. The van der Waals surface area contributed by atoms with Gasteiger partial charge in [-0.3, -0.25) is 4.99 Å². The minimum Gasteiger partial charge on any atom is -0.497 e. The second-order valence-electron chi connectivity index (χ2n) is 5.12. The summed E-state index contributed by atoms with van der Waals surface area (Å²) in [6.45, 7) is 2.74. The monoisotopic (exact) mass is 451 g/mol. The number of methoxy groups -OCH3 is 2. The molecule has 1 heterocycles. The van der Waals surface area contributed by atoms with Crippen molar-refractivity contribution in [1.82, 2.24) is 4.90 Å². The highest BCUT2D eigenvalue weighted by molar-refractivity contribution is 14.0. The molecule has 1 aromatic carbocycles. The first-order valence-electron chi connectivity index (χ1n) is 7.58. The molecule has 0 aliphatic carbocycles. The van der Waals surface area contributed by atoms with Crippen LogP contribution in [-0.2, 0) is 6.42 Å². The summed E-state index contributed by atoms with van der Waals surface area (Å²) in [6.07, 6.45) is 1.83. The van der Waals surface area contributed by atoms with Crippen molar-refractivity contribution in [2.24, 2.45) is 10.7 Å². The molecule has 0 radical (unpaired) electrons. The highest BCUT2D eigenvalue weighted by Crippen LogP contribution is 2.25. The summed E-state index contributed by atoms with van der Waals surface area (Å²) in [6, 6.07) is 5.87. The van der Waals surface area contributed by atoms with Crippen molar-refractivity contribution >= 4 is 41.7 Å². The molecule has 0 atom stereocenters. The zero-order chi connectivity index (χ0) is 15.8. The summed E-state index contributed by atoms with van der Waals surface area (Å²) >= 11 is 1.97. The molecule has 0 bridgehead atoms. The summed E-state index contributed by atoms with van der Waals surface area (Å²) in [5.74, 6) is 4.70. The molecular formula is C16H26IN3O2S. The van der Waals surface area contributed by atoms with Crippen molar-refractivity contribution in [2.45, 2.75) is 12.8 Å². The molecule has 2 rings (SSSR count). The summed E-state index contributed by atoms with van der Waals surface area (Å²) < 4.78 is 10.7. The Hall–Kier alpha value is -0.830. The van der Waals surface area contributed by atoms with Crippen LogP contribution < -0.4 is 15.2 Å². The summed E-state index contributed by atoms with van der Waals surface area (Å²) in [4.78, 5) is 6.67. The third kappa shape index (κ3) is 6.29. The quantitative estimate of drug-likeness (QED) is 0.312. The van der Waals surface area contributed by atoms with Gasteiger partial charge >= 0.3 is 0 Å². The Labute approximate surface area is 160 Å². The molecular weight excluding hydrogens is 425 g/mol. The SMILES string of the molecule is COc1ccc(OC)c(CCCN=C(N)N2CCSCC2)c1.I. The van der Waals surface area contributed by atoms with Crippen molar-refractivity contribution in [3.8, 4) is 11.5 Å². The Kier molecular flexibility index (Phi) is 9.54. The van der Waals surface area contributed by atoms with E-state index in [2.05, 4.69) is 9.89 Å². The third-order valence-electron chi connectivity index (χ3n) is 3.70. The van der Waals surface area contributed by atoms with E-state index in [1.165, 1.54) is 0 Å². The molecule has 0 saturated carbocycles. The van der Waals surface area contributed by atoms with Gasteiger partial charge in [-0.15, -0.1) is 24.0 Å². The molecule has 0 amide bonds. The minimum absolute atomic E-state index is 0. The standard InChI is InChI=1S/C16H25N3O2S.HI/c1-20-14-5-6-15(21-2)13(12-14)4-3-7-18-16(17)19-8-10-22-11-9-19;/h5-6,12H,3-4,7-11H2,1-2H3,(H2,17,18);1H. The zero-order valence-corrected chi connectivity index (χ0v) is 16.9.